The molecule has 0 spiro atoms. The second-order valence-corrected chi connectivity index (χ2v) is 22.3. The van der Waals surface area contributed by atoms with Crippen molar-refractivity contribution in [3.8, 4) is 0 Å². The van der Waals surface area contributed by atoms with Crippen LogP contribution in [-0.2, 0) is 0 Å². The van der Waals surface area contributed by atoms with Gasteiger partial charge in [-0.2, -0.15) is 0 Å². The number of hydrogen-bond acceptors (Lipinski definition) is 1. The fourth-order valence-corrected chi connectivity index (χ4v) is 8.26. The summed E-state index contributed by atoms with van der Waals surface area (Å²) in [5.41, 5.74) is 0. The van der Waals surface area contributed by atoms with Crippen molar-refractivity contribution in [2.45, 2.75) is 58.0 Å². The van der Waals surface area contributed by atoms with Crippen LogP contribution < -0.4 is 0 Å². The molecular formula is C12H26OSn. The molecule has 1 saturated carbocycles. The first-order chi connectivity index (χ1) is 6.30. The molecule has 0 radical (unpaired) electrons. The molecule has 2 heteroatoms. The van der Waals surface area contributed by atoms with Gasteiger partial charge in [0.15, 0.2) is 0 Å². The molecule has 0 unspecified atom stereocenters. The van der Waals surface area contributed by atoms with Gasteiger partial charge in [-0.3, -0.25) is 0 Å². The Morgan fingerprint density at radius 2 is 1.64 bits per heavy atom. The van der Waals surface area contributed by atoms with Crippen LogP contribution in [0.3, 0.4) is 0 Å². The molecule has 84 valence electrons. The Balaban J connectivity index is 2.63. The number of aliphatic hydroxyl groups is 1. The van der Waals surface area contributed by atoms with Gasteiger partial charge in [-0.1, -0.05) is 0 Å². The zero-order chi connectivity index (χ0) is 10.9. The third-order valence-corrected chi connectivity index (χ3v) is 12.2. The summed E-state index contributed by atoms with van der Waals surface area (Å²) >= 11 is -1.76. The average Bonchev–Trinajstić information content (AvgIpc) is 2.01. The number of hydrogen-bond donors (Lipinski definition) is 1. The molecule has 0 aromatic heterocycles. The van der Waals surface area contributed by atoms with Crippen molar-refractivity contribution in [3.05, 3.63) is 0 Å². The van der Waals surface area contributed by atoms with Gasteiger partial charge in [-0.05, 0) is 0 Å². The minimum atomic E-state index is -1.76. The van der Waals surface area contributed by atoms with E-state index in [0.29, 0.717) is 0 Å². The predicted molar refractivity (Wildman–Crippen MR) is 65.3 cm³/mol. The summed E-state index contributed by atoms with van der Waals surface area (Å²) in [6.07, 6.45) is 3.55. The van der Waals surface area contributed by atoms with E-state index >= 15 is 0 Å². The molecule has 0 aliphatic heterocycles. The van der Waals surface area contributed by atoms with Crippen molar-refractivity contribution in [1.29, 1.82) is 0 Å². The standard InChI is InChI=1S/C9H17O.3CH3.Sn/c1-7(2)8-4-3-5-9(10)6-8;;;;/h3,7-10H,4-6H2,1-2H3;3*1H3;/t8-,9-;;;;/m1..../s1. The Kier molecular flexibility index (Phi) is 4.33. The Morgan fingerprint density at radius 3 is 2.07 bits per heavy atom. The molecule has 1 rings (SSSR count). The van der Waals surface area contributed by atoms with Gasteiger partial charge < -0.3 is 0 Å². The van der Waals surface area contributed by atoms with Gasteiger partial charge in [0.1, 0.15) is 0 Å². The number of rotatable bonds is 2. The van der Waals surface area contributed by atoms with Crippen LogP contribution >= 0.6 is 0 Å². The molecule has 0 bridgehead atoms. The van der Waals surface area contributed by atoms with Crippen LogP contribution in [0.4, 0.5) is 0 Å². The van der Waals surface area contributed by atoms with Crippen molar-refractivity contribution < 1.29 is 5.11 Å². The van der Waals surface area contributed by atoms with E-state index in [1.807, 2.05) is 0 Å². The third kappa shape index (κ3) is 3.41. The van der Waals surface area contributed by atoms with Gasteiger partial charge in [0.25, 0.3) is 0 Å². The van der Waals surface area contributed by atoms with E-state index in [1.54, 1.807) is 0 Å². The zero-order valence-corrected chi connectivity index (χ0v) is 13.2. The SMILES string of the molecule is CC(C)[C@H]1C[C@H](O)C[C@H]([Sn]([CH3])([CH3])[CH3])C1. The van der Waals surface area contributed by atoms with Crippen LogP contribution in [-0.4, -0.2) is 29.6 Å². The van der Waals surface area contributed by atoms with Crippen molar-refractivity contribution in [3.63, 3.8) is 0 Å². The van der Waals surface area contributed by atoms with E-state index in [0.717, 1.165) is 28.6 Å². The van der Waals surface area contributed by atoms with Crippen molar-refractivity contribution in [2.75, 3.05) is 0 Å². The molecule has 0 aromatic rings. The molecule has 1 nitrogen and oxygen atoms in total. The normalized spacial score (nSPS) is 34.9. The molecular weight excluding hydrogens is 279 g/mol. The molecule has 1 aliphatic rings. The second-order valence-electron chi connectivity index (χ2n) is 6.43. The van der Waals surface area contributed by atoms with E-state index in [2.05, 4.69) is 28.7 Å². The van der Waals surface area contributed by atoms with Gasteiger partial charge in [-0.25, -0.2) is 0 Å². The fourth-order valence-electron chi connectivity index (χ4n) is 2.58. The molecule has 14 heavy (non-hydrogen) atoms. The monoisotopic (exact) mass is 306 g/mol. The summed E-state index contributed by atoms with van der Waals surface area (Å²) in [5.74, 6) is 1.53. The fraction of sp³-hybridized carbons (Fsp3) is 1.00. The summed E-state index contributed by atoms with van der Waals surface area (Å²) in [4.78, 5) is 7.53. The van der Waals surface area contributed by atoms with Gasteiger partial charge in [0.2, 0.25) is 0 Å². The van der Waals surface area contributed by atoms with E-state index < -0.39 is 18.4 Å². The van der Waals surface area contributed by atoms with Gasteiger partial charge in [0, 0.05) is 0 Å². The van der Waals surface area contributed by atoms with Crippen LogP contribution in [0.15, 0.2) is 0 Å². The molecule has 1 N–H and O–H groups in total. The van der Waals surface area contributed by atoms with Crippen molar-refractivity contribution in [2.24, 2.45) is 11.8 Å². The Hall–Kier alpha value is 0.759. The van der Waals surface area contributed by atoms with E-state index in [1.165, 1.54) is 6.42 Å². The van der Waals surface area contributed by atoms with Crippen LogP contribution in [0.2, 0.25) is 18.8 Å². The first-order valence-corrected chi connectivity index (χ1v) is 16.2. The molecule has 0 aromatic carbocycles. The van der Waals surface area contributed by atoms with E-state index in [-0.39, 0.29) is 6.10 Å². The van der Waals surface area contributed by atoms with Crippen LogP contribution in [0.25, 0.3) is 0 Å². The molecule has 1 aliphatic carbocycles. The summed E-state index contributed by atoms with van der Waals surface area (Å²) in [7, 11) is 0. The molecule has 1 fully saturated rings. The van der Waals surface area contributed by atoms with Crippen molar-refractivity contribution >= 4 is 18.4 Å². The quantitative estimate of drug-likeness (QED) is 0.774. The first-order valence-electron chi connectivity index (χ1n) is 5.98. The molecule has 0 saturated heterocycles. The molecule has 0 amide bonds. The van der Waals surface area contributed by atoms with Crippen LogP contribution in [0, 0.1) is 11.8 Å². The van der Waals surface area contributed by atoms with Crippen molar-refractivity contribution in [1.82, 2.24) is 0 Å². The minimum absolute atomic E-state index is 0.00271. The topological polar surface area (TPSA) is 20.2 Å². The van der Waals surface area contributed by atoms with Gasteiger partial charge in [0.05, 0.1) is 0 Å². The van der Waals surface area contributed by atoms with Gasteiger partial charge in [-0.15, -0.1) is 0 Å². The summed E-state index contributed by atoms with van der Waals surface area (Å²) in [6.45, 7) is 4.61. The summed E-state index contributed by atoms with van der Waals surface area (Å²) < 4.78 is 0.903. The van der Waals surface area contributed by atoms with Gasteiger partial charge >= 0.3 is 93.3 Å². The summed E-state index contributed by atoms with van der Waals surface area (Å²) in [5, 5.41) is 9.90. The van der Waals surface area contributed by atoms with E-state index in [4.69, 9.17) is 0 Å². The molecule has 3 atom stereocenters. The zero-order valence-electron chi connectivity index (χ0n) is 10.4. The maximum absolute atomic E-state index is 9.90. The van der Waals surface area contributed by atoms with Crippen LogP contribution in [0.5, 0.6) is 0 Å². The number of aliphatic hydroxyl groups excluding tert-OH is 1. The Bertz CT molecular complexity index is 183. The van der Waals surface area contributed by atoms with E-state index in [9.17, 15) is 5.11 Å². The first kappa shape index (κ1) is 12.8. The molecule has 0 heterocycles. The Labute approximate surface area is 93.2 Å². The van der Waals surface area contributed by atoms with Crippen LogP contribution in [0.1, 0.15) is 33.1 Å². The Morgan fingerprint density at radius 1 is 1.07 bits per heavy atom. The third-order valence-electron chi connectivity index (χ3n) is 3.89. The maximum atomic E-state index is 9.90. The second kappa shape index (κ2) is 4.73. The summed E-state index contributed by atoms with van der Waals surface area (Å²) in [6, 6.07) is 0. The average molecular weight is 305 g/mol. The predicted octanol–water partition coefficient (Wildman–Crippen LogP) is 3.51.